The number of hydrogen-bond donors (Lipinski definition) is 2. The molecular weight excluding hydrogens is 280 g/mol. The Hall–Kier alpha value is -1.75. The van der Waals surface area contributed by atoms with E-state index in [1.54, 1.807) is 0 Å². The summed E-state index contributed by atoms with van der Waals surface area (Å²) in [6, 6.07) is 8.41. The van der Waals surface area contributed by atoms with Crippen LogP contribution in [-0.2, 0) is 16.0 Å². The van der Waals surface area contributed by atoms with Gasteiger partial charge in [-0.3, -0.25) is 0 Å². The van der Waals surface area contributed by atoms with Crippen LogP contribution >= 0.6 is 0 Å². The van der Waals surface area contributed by atoms with E-state index in [2.05, 4.69) is 10.6 Å². The van der Waals surface area contributed by atoms with Crippen LogP contribution in [-0.4, -0.2) is 30.9 Å². The molecule has 1 aliphatic heterocycles. The molecule has 1 heterocycles. The van der Waals surface area contributed by atoms with Crippen LogP contribution in [0.15, 0.2) is 24.3 Å². The largest absolute Gasteiger partial charge is 0.444 e. The van der Waals surface area contributed by atoms with Crippen LogP contribution in [0.4, 0.5) is 10.5 Å². The summed E-state index contributed by atoms with van der Waals surface area (Å²) in [5, 5.41) is 6.25. The zero-order valence-corrected chi connectivity index (χ0v) is 13.6. The lowest BCUT2D eigenvalue weighted by molar-refractivity contribution is 0.0523. The number of carbonyl (C=O) groups excluding carboxylic acids is 1. The van der Waals surface area contributed by atoms with Gasteiger partial charge < -0.3 is 20.1 Å². The molecule has 0 bridgehead atoms. The van der Waals surface area contributed by atoms with Gasteiger partial charge in [-0.15, -0.1) is 0 Å². The zero-order chi connectivity index (χ0) is 16.0. The summed E-state index contributed by atoms with van der Waals surface area (Å²) in [6.45, 7) is 7.61. The lowest BCUT2D eigenvalue weighted by atomic mass is 10.1. The van der Waals surface area contributed by atoms with E-state index in [1.807, 2.05) is 45.0 Å². The molecule has 5 nitrogen and oxygen atoms in total. The maximum absolute atomic E-state index is 11.7. The van der Waals surface area contributed by atoms with Crippen LogP contribution in [0.5, 0.6) is 0 Å². The molecule has 1 aromatic carbocycles. The fraction of sp³-hybridized carbons (Fsp3) is 0.588. The SMILES string of the molecule is CC(C)(C)OC(=O)NCc1cccc(NC2CCCOC2)c1. The molecule has 2 N–H and O–H groups in total. The molecule has 1 unspecified atom stereocenters. The zero-order valence-electron chi connectivity index (χ0n) is 13.6. The maximum Gasteiger partial charge on any atom is 0.407 e. The van der Waals surface area contributed by atoms with Crippen LogP contribution < -0.4 is 10.6 Å². The topological polar surface area (TPSA) is 59.6 Å². The van der Waals surface area contributed by atoms with Gasteiger partial charge in [0.2, 0.25) is 0 Å². The molecule has 1 fully saturated rings. The third-order valence-corrected chi connectivity index (χ3v) is 3.29. The standard InChI is InChI=1S/C17H26N2O3/c1-17(2,3)22-16(20)18-11-13-6-4-7-14(10-13)19-15-8-5-9-21-12-15/h4,6-7,10,15,19H,5,8-9,11-12H2,1-3H3,(H,18,20). The number of nitrogens with one attached hydrogen (secondary N) is 2. The second-order valence-corrected chi connectivity index (χ2v) is 6.61. The fourth-order valence-corrected chi connectivity index (χ4v) is 2.35. The van der Waals surface area contributed by atoms with Crippen LogP contribution in [0.2, 0.25) is 0 Å². The predicted octanol–water partition coefficient (Wildman–Crippen LogP) is 3.30. The van der Waals surface area contributed by atoms with Gasteiger partial charge in [-0.05, 0) is 51.3 Å². The van der Waals surface area contributed by atoms with Crippen molar-refractivity contribution in [1.29, 1.82) is 0 Å². The van der Waals surface area contributed by atoms with E-state index in [9.17, 15) is 4.79 Å². The van der Waals surface area contributed by atoms with E-state index in [1.165, 1.54) is 0 Å². The number of ether oxygens (including phenoxy) is 2. The number of amides is 1. The van der Waals surface area contributed by atoms with Gasteiger partial charge >= 0.3 is 6.09 Å². The quantitative estimate of drug-likeness (QED) is 0.896. The van der Waals surface area contributed by atoms with Gasteiger partial charge in [-0.1, -0.05) is 12.1 Å². The van der Waals surface area contributed by atoms with Gasteiger partial charge in [0.05, 0.1) is 6.61 Å². The Bertz CT molecular complexity index is 491. The molecular formula is C17H26N2O3. The van der Waals surface area contributed by atoms with E-state index in [4.69, 9.17) is 9.47 Å². The van der Waals surface area contributed by atoms with Crippen molar-refractivity contribution in [2.45, 2.75) is 51.8 Å². The molecule has 0 spiro atoms. The first-order valence-corrected chi connectivity index (χ1v) is 7.82. The molecule has 122 valence electrons. The van der Waals surface area contributed by atoms with Crippen molar-refractivity contribution < 1.29 is 14.3 Å². The van der Waals surface area contributed by atoms with Gasteiger partial charge in [-0.25, -0.2) is 4.79 Å². The first-order valence-electron chi connectivity index (χ1n) is 7.82. The van der Waals surface area contributed by atoms with Crippen LogP contribution in [0.25, 0.3) is 0 Å². The Kier molecular flexibility index (Phi) is 5.66. The monoisotopic (exact) mass is 306 g/mol. The summed E-state index contributed by atoms with van der Waals surface area (Å²) >= 11 is 0. The summed E-state index contributed by atoms with van der Waals surface area (Å²) in [6.07, 6.45) is 1.82. The third-order valence-electron chi connectivity index (χ3n) is 3.29. The van der Waals surface area contributed by atoms with E-state index in [-0.39, 0.29) is 0 Å². The van der Waals surface area contributed by atoms with Crippen LogP contribution in [0.1, 0.15) is 39.2 Å². The molecule has 22 heavy (non-hydrogen) atoms. The highest BCUT2D eigenvalue weighted by molar-refractivity contribution is 5.67. The summed E-state index contributed by atoms with van der Waals surface area (Å²) in [4.78, 5) is 11.7. The molecule has 0 aromatic heterocycles. The highest BCUT2D eigenvalue weighted by Gasteiger charge is 2.16. The molecule has 1 atom stereocenters. The van der Waals surface area contributed by atoms with Gasteiger partial charge in [0.1, 0.15) is 5.60 Å². The van der Waals surface area contributed by atoms with Gasteiger partial charge in [0.25, 0.3) is 0 Å². The Labute approximate surface area is 132 Å². The Morgan fingerprint density at radius 2 is 2.23 bits per heavy atom. The average Bonchev–Trinajstić information content (AvgIpc) is 2.45. The first-order chi connectivity index (χ1) is 10.4. The lowest BCUT2D eigenvalue weighted by Crippen LogP contribution is -2.32. The predicted molar refractivity (Wildman–Crippen MR) is 87.0 cm³/mol. The average molecular weight is 306 g/mol. The molecule has 2 rings (SSSR count). The number of hydrogen-bond acceptors (Lipinski definition) is 4. The summed E-state index contributed by atoms with van der Waals surface area (Å²) in [5.74, 6) is 0. The number of benzene rings is 1. The second-order valence-electron chi connectivity index (χ2n) is 6.61. The lowest BCUT2D eigenvalue weighted by Gasteiger charge is -2.24. The number of alkyl carbamates (subject to hydrolysis) is 1. The smallest absolute Gasteiger partial charge is 0.407 e. The van der Waals surface area contributed by atoms with E-state index < -0.39 is 11.7 Å². The van der Waals surface area contributed by atoms with Gasteiger partial charge in [0.15, 0.2) is 0 Å². The minimum absolute atomic E-state index is 0.364. The molecule has 1 amide bonds. The summed E-state index contributed by atoms with van der Waals surface area (Å²) in [5.41, 5.74) is 1.61. The first kappa shape index (κ1) is 16.6. The van der Waals surface area contributed by atoms with Crippen molar-refractivity contribution in [3.8, 4) is 0 Å². The molecule has 0 saturated carbocycles. The van der Waals surface area contributed by atoms with Crippen molar-refractivity contribution in [1.82, 2.24) is 5.32 Å². The van der Waals surface area contributed by atoms with Gasteiger partial charge in [0, 0.05) is 24.9 Å². The Morgan fingerprint density at radius 3 is 2.91 bits per heavy atom. The number of anilines is 1. The number of rotatable bonds is 4. The highest BCUT2D eigenvalue weighted by atomic mass is 16.6. The van der Waals surface area contributed by atoms with E-state index in [0.717, 1.165) is 37.3 Å². The van der Waals surface area contributed by atoms with Crippen molar-refractivity contribution in [3.63, 3.8) is 0 Å². The summed E-state index contributed by atoms with van der Waals surface area (Å²) in [7, 11) is 0. The number of carbonyl (C=O) groups is 1. The minimum Gasteiger partial charge on any atom is -0.444 e. The normalized spacial score (nSPS) is 18.6. The highest BCUT2D eigenvalue weighted by Crippen LogP contribution is 2.16. The van der Waals surface area contributed by atoms with Crippen LogP contribution in [0.3, 0.4) is 0 Å². The minimum atomic E-state index is -0.478. The fourth-order valence-electron chi connectivity index (χ4n) is 2.35. The molecule has 5 heteroatoms. The molecule has 1 aromatic rings. The second kappa shape index (κ2) is 7.49. The Morgan fingerprint density at radius 1 is 1.41 bits per heavy atom. The van der Waals surface area contributed by atoms with Crippen molar-refractivity contribution in [3.05, 3.63) is 29.8 Å². The molecule has 0 radical (unpaired) electrons. The maximum atomic E-state index is 11.7. The molecule has 1 aliphatic rings. The van der Waals surface area contributed by atoms with Crippen LogP contribution in [0, 0.1) is 0 Å². The summed E-state index contributed by atoms with van der Waals surface area (Å²) < 4.78 is 10.7. The Balaban J connectivity index is 1.84. The van der Waals surface area contributed by atoms with E-state index >= 15 is 0 Å². The molecule has 1 saturated heterocycles. The van der Waals surface area contributed by atoms with Crippen molar-refractivity contribution in [2.24, 2.45) is 0 Å². The van der Waals surface area contributed by atoms with E-state index in [0.29, 0.717) is 12.6 Å². The van der Waals surface area contributed by atoms with Gasteiger partial charge in [-0.2, -0.15) is 0 Å². The molecule has 0 aliphatic carbocycles. The van der Waals surface area contributed by atoms with Crippen molar-refractivity contribution in [2.75, 3.05) is 18.5 Å². The van der Waals surface area contributed by atoms with Crippen molar-refractivity contribution >= 4 is 11.8 Å². The third kappa shape index (κ3) is 5.93.